The molecule has 0 saturated heterocycles. The lowest BCUT2D eigenvalue weighted by molar-refractivity contribution is 0.276. The van der Waals surface area contributed by atoms with Gasteiger partial charge in [0, 0.05) is 6.20 Å². The molecule has 2 N–H and O–H groups in total. The molecular formula is C24H23N7O2. The van der Waals surface area contributed by atoms with Gasteiger partial charge in [-0.15, -0.1) is 10.2 Å². The van der Waals surface area contributed by atoms with Gasteiger partial charge in [-0.3, -0.25) is 0 Å². The lowest BCUT2D eigenvalue weighted by Crippen LogP contribution is -2.10. The zero-order valence-electron chi connectivity index (χ0n) is 18.5. The van der Waals surface area contributed by atoms with Crippen molar-refractivity contribution in [1.82, 2.24) is 29.7 Å². The Morgan fingerprint density at radius 3 is 2.64 bits per heavy atom. The van der Waals surface area contributed by atoms with Crippen LogP contribution in [0.1, 0.15) is 35.8 Å². The number of rotatable bonds is 6. The molecule has 0 spiro atoms. The van der Waals surface area contributed by atoms with Gasteiger partial charge in [-0.05, 0) is 56.7 Å². The van der Waals surface area contributed by atoms with Gasteiger partial charge in [0.15, 0.2) is 11.4 Å². The number of aliphatic hydroxyl groups is 1. The Morgan fingerprint density at radius 1 is 1.06 bits per heavy atom. The predicted molar refractivity (Wildman–Crippen MR) is 124 cm³/mol. The van der Waals surface area contributed by atoms with Crippen LogP contribution < -0.4 is 5.32 Å². The molecule has 0 aliphatic rings. The van der Waals surface area contributed by atoms with E-state index in [-0.39, 0.29) is 12.6 Å². The third kappa shape index (κ3) is 4.06. The van der Waals surface area contributed by atoms with E-state index >= 15 is 0 Å². The number of aromatic nitrogens is 6. The summed E-state index contributed by atoms with van der Waals surface area (Å²) < 4.78 is 7.69. The molecule has 9 heteroatoms. The minimum absolute atomic E-state index is 0.187. The molecule has 0 radical (unpaired) electrons. The highest BCUT2D eigenvalue weighted by Gasteiger charge is 2.16. The van der Waals surface area contributed by atoms with E-state index in [9.17, 15) is 5.11 Å². The van der Waals surface area contributed by atoms with Crippen LogP contribution in [-0.2, 0) is 6.61 Å². The predicted octanol–water partition coefficient (Wildman–Crippen LogP) is 4.15. The Kier molecular flexibility index (Phi) is 5.31. The second kappa shape index (κ2) is 8.44. The van der Waals surface area contributed by atoms with Crippen molar-refractivity contribution < 1.29 is 9.52 Å². The number of nitrogens with one attached hydrogen (secondary N) is 1. The maximum Gasteiger partial charge on any atom is 0.217 e. The van der Waals surface area contributed by atoms with Crippen molar-refractivity contribution in [2.75, 3.05) is 5.32 Å². The number of benzene rings is 1. The molecule has 5 rings (SSSR count). The van der Waals surface area contributed by atoms with Gasteiger partial charge in [0.05, 0.1) is 35.7 Å². The van der Waals surface area contributed by atoms with E-state index in [1.54, 1.807) is 6.33 Å². The van der Waals surface area contributed by atoms with Crippen molar-refractivity contribution in [3.63, 3.8) is 0 Å². The van der Waals surface area contributed by atoms with Gasteiger partial charge >= 0.3 is 0 Å². The number of hydrogen-bond acceptors (Lipinski definition) is 8. The lowest BCUT2D eigenvalue weighted by Gasteiger charge is -2.14. The molecule has 1 unspecified atom stereocenters. The van der Waals surface area contributed by atoms with Gasteiger partial charge < -0.3 is 19.4 Å². The minimum Gasteiger partial charge on any atom is -0.438 e. The van der Waals surface area contributed by atoms with E-state index in [1.165, 1.54) is 0 Å². The zero-order valence-corrected chi connectivity index (χ0v) is 18.5. The number of pyridine rings is 1. The molecule has 9 nitrogen and oxygen atoms in total. The summed E-state index contributed by atoms with van der Waals surface area (Å²) in [6.45, 7) is 5.63. The van der Waals surface area contributed by atoms with Crippen LogP contribution in [0.5, 0.6) is 0 Å². The van der Waals surface area contributed by atoms with E-state index < -0.39 is 0 Å². The second-order valence-electron chi connectivity index (χ2n) is 7.89. The molecule has 166 valence electrons. The van der Waals surface area contributed by atoms with E-state index in [0.717, 1.165) is 28.0 Å². The van der Waals surface area contributed by atoms with Crippen LogP contribution >= 0.6 is 0 Å². The molecular weight excluding hydrogens is 418 g/mol. The summed E-state index contributed by atoms with van der Waals surface area (Å²) >= 11 is 0. The smallest absolute Gasteiger partial charge is 0.217 e. The lowest BCUT2D eigenvalue weighted by atomic mass is 10.1. The van der Waals surface area contributed by atoms with Gasteiger partial charge in [0.25, 0.3) is 0 Å². The molecule has 0 saturated carbocycles. The van der Waals surface area contributed by atoms with E-state index in [4.69, 9.17) is 4.42 Å². The van der Waals surface area contributed by atoms with Crippen molar-refractivity contribution >= 4 is 16.9 Å². The van der Waals surface area contributed by atoms with Crippen LogP contribution in [0.2, 0.25) is 0 Å². The van der Waals surface area contributed by atoms with Gasteiger partial charge in [-0.2, -0.15) is 0 Å². The van der Waals surface area contributed by atoms with E-state index in [0.29, 0.717) is 28.8 Å². The molecule has 4 heterocycles. The molecule has 0 aliphatic heterocycles. The third-order valence-electron chi connectivity index (χ3n) is 5.37. The molecule has 1 atom stereocenters. The quantitative estimate of drug-likeness (QED) is 0.404. The normalized spacial score (nSPS) is 12.2. The number of hydrogen-bond donors (Lipinski definition) is 2. The van der Waals surface area contributed by atoms with Crippen molar-refractivity contribution in [3.05, 3.63) is 77.8 Å². The van der Waals surface area contributed by atoms with Crippen LogP contribution in [0, 0.1) is 13.8 Å². The van der Waals surface area contributed by atoms with E-state index in [2.05, 4.69) is 30.5 Å². The summed E-state index contributed by atoms with van der Waals surface area (Å²) in [4.78, 5) is 13.4. The minimum atomic E-state index is -0.200. The zero-order chi connectivity index (χ0) is 22.9. The molecule has 0 fully saturated rings. The maximum absolute atomic E-state index is 9.86. The van der Waals surface area contributed by atoms with Crippen LogP contribution in [0.3, 0.4) is 0 Å². The summed E-state index contributed by atoms with van der Waals surface area (Å²) in [5.41, 5.74) is 5.93. The van der Waals surface area contributed by atoms with Crippen LogP contribution in [0.4, 0.5) is 5.82 Å². The molecule has 1 aromatic carbocycles. The van der Waals surface area contributed by atoms with Gasteiger partial charge in [0.1, 0.15) is 17.3 Å². The van der Waals surface area contributed by atoms with E-state index in [1.807, 2.05) is 74.0 Å². The summed E-state index contributed by atoms with van der Waals surface area (Å²) in [7, 11) is 0. The molecule has 0 aliphatic carbocycles. The number of imidazole rings is 1. The van der Waals surface area contributed by atoms with Gasteiger partial charge in [0.2, 0.25) is 5.89 Å². The fourth-order valence-electron chi connectivity index (χ4n) is 3.64. The standard InChI is InChI=1S/C24H23N7O2/c1-14-10-19(17-8-9-21(20(12-32)27-17)31-11-15(2)25-13-31)29-30-23(14)26-16(3)24-28-18-6-4-5-7-22(18)33-24/h4-11,13,16,32H,12H2,1-3H3,(H,26,30). The first-order valence-electron chi connectivity index (χ1n) is 10.6. The number of nitrogens with zero attached hydrogens (tertiary/aromatic N) is 6. The molecule has 0 amide bonds. The van der Waals surface area contributed by atoms with Crippen LogP contribution in [0.25, 0.3) is 28.2 Å². The Hall–Kier alpha value is -4.11. The highest BCUT2D eigenvalue weighted by molar-refractivity contribution is 5.72. The fraction of sp³-hybridized carbons (Fsp3) is 0.208. The fourth-order valence-corrected chi connectivity index (χ4v) is 3.64. The highest BCUT2D eigenvalue weighted by Crippen LogP contribution is 2.26. The van der Waals surface area contributed by atoms with Crippen molar-refractivity contribution in [1.29, 1.82) is 0 Å². The van der Waals surface area contributed by atoms with Gasteiger partial charge in [-0.1, -0.05) is 12.1 Å². The maximum atomic E-state index is 9.86. The Balaban J connectivity index is 1.39. The highest BCUT2D eigenvalue weighted by atomic mass is 16.3. The number of oxazole rings is 1. The van der Waals surface area contributed by atoms with Crippen molar-refractivity contribution in [2.24, 2.45) is 0 Å². The number of aliphatic hydroxyl groups excluding tert-OH is 1. The molecule has 4 aromatic heterocycles. The van der Waals surface area contributed by atoms with Crippen molar-refractivity contribution in [3.8, 4) is 17.1 Å². The Labute approximate surface area is 190 Å². The largest absolute Gasteiger partial charge is 0.438 e. The first-order chi connectivity index (χ1) is 16.0. The Morgan fingerprint density at radius 2 is 1.91 bits per heavy atom. The van der Waals surface area contributed by atoms with Crippen molar-refractivity contribution in [2.45, 2.75) is 33.4 Å². The van der Waals surface area contributed by atoms with Crippen LogP contribution in [-0.4, -0.2) is 34.8 Å². The number of para-hydroxylation sites is 2. The molecule has 33 heavy (non-hydrogen) atoms. The third-order valence-corrected chi connectivity index (χ3v) is 5.37. The summed E-state index contributed by atoms with van der Waals surface area (Å²) in [6.07, 6.45) is 3.59. The first-order valence-corrected chi connectivity index (χ1v) is 10.6. The number of anilines is 1. The molecule has 0 bridgehead atoms. The number of fused-ring (bicyclic) bond motifs is 1. The topological polar surface area (TPSA) is 115 Å². The first kappa shape index (κ1) is 20.8. The monoisotopic (exact) mass is 441 g/mol. The summed E-state index contributed by atoms with van der Waals surface area (Å²) in [6, 6.07) is 13.2. The SMILES string of the molecule is Cc1cn(-c2ccc(-c3cc(C)c(NC(C)c4nc5ccccc5o4)nn3)nc2CO)cn1. The number of aryl methyl sites for hydroxylation is 2. The summed E-state index contributed by atoms with van der Waals surface area (Å²) in [5.74, 6) is 1.22. The molecule has 5 aromatic rings. The average molecular weight is 441 g/mol. The summed E-state index contributed by atoms with van der Waals surface area (Å²) in [5, 5.41) is 21.9. The average Bonchev–Trinajstić information content (AvgIpc) is 3.46. The Bertz CT molecular complexity index is 1410. The van der Waals surface area contributed by atoms with Crippen LogP contribution in [0.15, 0.2) is 59.4 Å². The van der Waals surface area contributed by atoms with Gasteiger partial charge in [-0.25, -0.2) is 15.0 Å². The second-order valence-corrected chi connectivity index (χ2v) is 7.89.